The lowest BCUT2D eigenvalue weighted by molar-refractivity contribution is 0.187. The third kappa shape index (κ3) is 4.32. The smallest absolute Gasteiger partial charge is 0.194 e. The van der Waals surface area contributed by atoms with Crippen molar-refractivity contribution in [2.24, 2.45) is 12.0 Å². The number of aromatic nitrogens is 3. The van der Waals surface area contributed by atoms with Crippen molar-refractivity contribution in [1.82, 2.24) is 25.0 Å². The van der Waals surface area contributed by atoms with Crippen molar-refractivity contribution < 1.29 is 9.84 Å². The molecule has 0 unspecified atom stereocenters. The van der Waals surface area contributed by atoms with E-state index in [0.29, 0.717) is 19.6 Å². The van der Waals surface area contributed by atoms with Crippen molar-refractivity contribution >= 4 is 5.96 Å². The second-order valence-electron chi connectivity index (χ2n) is 6.45. The summed E-state index contributed by atoms with van der Waals surface area (Å²) >= 11 is 0. The van der Waals surface area contributed by atoms with E-state index in [2.05, 4.69) is 20.4 Å². The molecule has 8 nitrogen and oxygen atoms in total. The molecule has 0 saturated carbocycles. The van der Waals surface area contributed by atoms with Gasteiger partial charge in [0.15, 0.2) is 11.8 Å². The van der Waals surface area contributed by atoms with Crippen LogP contribution in [0.1, 0.15) is 23.6 Å². The molecule has 0 amide bonds. The zero-order valence-electron chi connectivity index (χ0n) is 15.5. The second kappa shape index (κ2) is 8.18. The van der Waals surface area contributed by atoms with E-state index < -0.39 is 0 Å². The van der Waals surface area contributed by atoms with Crippen LogP contribution in [0.25, 0.3) is 0 Å². The highest BCUT2D eigenvalue weighted by Crippen LogP contribution is 2.13. The summed E-state index contributed by atoms with van der Waals surface area (Å²) in [6, 6.07) is 7.87. The zero-order chi connectivity index (χ0) is 18.5. The first-order valence-electron chi connectivity index (χ1n) is 8.76. The van der Waals surface area contributed by atoms with Gasteiger partial charge in [-0.1, -0.05) is 12.1 Å². The van der Waals surface area contributed by atoms with Gasteiger partial charge in [0.2, 0.25) is 0 Å². The van der Waals surface area contributed by atoms with Crippen LogP contribution in [0, 0.1) is 6.92 Å². The van der Waals surface area contributed by atoms with Gasteiger partial charge in [-0.3, -0.25) is 0 Å². The molecule has 3 rings (SSSR count). The number of benzene rings is 1. The number of aliphatic imine (C=N–C) groups is 1. The summed E-state index contributed by atoms with van der Waals surface area (Å²) in [7, 11) is 3.60. The van der Waals surface area contributed by atoms with Crippen LogP contribution in [0.15, 0.2) is 29.3 Å². The standard InChI is InChI=1S/C18H26N6O2/c1-13-21-22-17(23(13)2)11-20-18(24-9-8-15(25)12-24)19-10-14-4-6-16(26-3)7-5-14/h4-7,15,25H,8-12H2,1-3H3,(H,19,20)/t15-/m1/s1. The Morgan fingerprint density at radius 3 is 2.69 bits per heavy atom. The summed E-state index contributed by atoms with van der Waals surface area (Å²) in [6.45, 7) is 4.38. The normalized spacial score (nSPS) is 17.6. The third-order valence-electron chi connectivity index (χ3n) is 4.62. The Labute approximate surface area is 153 Å². The van der Waals surface area contributed by atoms with Gasteiger partial charge in [0.05, 0.1) is 26.3 Å². The molecule has 1 atom stereocenters. The number of nitrogens with zero attached hydrogens (tertiary/aromatic N) is 5. The molecule has 1 aliphatic heterocycles. The van der Waals surface area contributed by atoms with Crippen LogP contribution in [-0.2, 0) is 20.1 Å². The average Bonchev–Trinajstić information content (AvgIpc) is 3.22. The van der Waals surface area contributed by atoms with E-state index in [1.807, 2.05) is 42.8 Å². The van der Waals surface area contributed by atoms with E-state index in [1.54, 1.807) is 7.11 Å². The highest BCUT2D eigenvalue weighted by Gasteiger charge is 2.23. The first kappa shape index (κ1) is 18.2. The van der Waals surface area contributed by atoms with Gasteiger partial charge in [-0.2, -0.15) is 0 Å². The minimum absolute atomic E-state index is 0.306. The molecule has 2 heterocycles. The highest BCUT2D eigenvalue weighted by atomic mass is 16.5. The summed E-state index contributed by atoms with van der Waals surface area (Å²) in [5.41, 5.74) is 1.10. The molecule has 0 bridgehead atoms. The zero-order valence-corrected chi connectivity index (χ0v) is 15.5. The molecule has 1 aromatic heterocycles. The summed E-state index contributed by atoms with van der Waals surface area (Å²) in [5, 5.41) is 21.5. The maximum atomic E-state index is 9.86. The molecular weight excluding hydrogens is 332 g/mol. The van der Waals surface area contributed by atoms with E-state index >= 15 is 0 Å². The van der Waals surface area contributed by atoms with Crippen LogP contribution in [0.4, 0.5) is 0 Å². The number of nitrogens with one attached hydrogen (secondary N) is 1. The van der Waals surface area contributed by atoms with Crippen LogP contribution in [0.2, 0.25) is 0 Å². The molecule has 1 aliphatic rings. The number of aliphatic hydroxyl groups is 1. The summed E-state index contributed by atoms with van der Waals surface area (Å²) in [5.74, 6) is 3.32. The van der Waals surface area contributed by atoms with Crippen LogP contribution >= 0.6 is 0 Å². The number of aliphatic hydroxyl groups excluding tert-OH is 1. The molecular formula is C18H26N6O2. The van der Waals surface area contributed by atoms with E-state index in [1.165, 1.54) is 0 Å². The van der Waals surface area contributed by atoms with Crippen LogP contribution in [-0.4, -0.2) is 57.0 Å². The van der Waals surface area contributed by atoms with Gasteiger partial charge in [0.1, 0.15) is 11.6 Å². The number of aryl methyl sites for hydroxylation is 1. The molecule has 26 heavy (non-hydrogen) atoms. The van der Waals surface area contributed by atoms with Crippen LogP contribution < -0.4 is 10.1 Å². The van der Waals surface area contributed by atoms with Crippen LogP contribution in [0.3, 0.4) is 0 Å². The molecule has 0 spiro atoms. The number of likely N-dealkylation sites (tertiary alicyclic amines) is 1. The van der Waals surface area contributed by atoms with Crippen molar-refractivity contribution in [1.29, 1.82) is 0 Å². The summed E-state index contributed by atoms with van der Waals surface area (Å²) in [6.07, 6.45) is 0.451. The van der Waals surface area contributed by atoms with E-state index in [0.717, 1.165) is 41.9 Å². The minimum atomic E-state index is -0.306. The van der Waals surface area contributed by atoms with Gasteiger partial charge in [-0.15, -0.1) is 10.2 Å². The summed E-state index contributed by atoms with van der Waals surface area (Å²) < 4.78 is 7.14. The third-order valence-corrected chi connectivity index (χ3v) is 4.62. The Morgan fingerprint density at radius 2 is 2.12 bits per heavy atom. The number of hydrogen-bond donors (Lipinski definition) is 2. The largest absolute Gasteiger partial charge is 0.497 e. The quantitative estimate of drug-likeness (QED) is 0.608. The van der Waals surface area contributed by atoms with Gasteiger partial charge >= 0.3 is 0 Å². The molecule has 1 aromatic carbocycles. The number of hydrogen-bond acceptors (Lipinski definition) is 5. The lowest BCUT2D eigenvalue weighted by atomic mass is 10.2. The maximum Gasteiger partial charge on any atom is 0.194 e. The topological polar surface area (TPSA) is 87.8 Å². The predicted octanol–water partition coefficient (Wildman–Crippen LogP) is 0.845. The number of rotatable bonds is 5. The second-order valence-corrected chi connectivity index (χ2v) is 6.45. The molecule has 1 saturated heterocycles. The number of ether oxygens (including phenoxy) is 1. The van der Waals surface area contributed by atoms with Gasteiger partial charge in [-0.05, 0) is 31.0 Å². The molecule has 0 aliphatic carbocycles. The van der Waals surface area contributed by atoms with Crippen molar-refractivity contribution in [3.05, 3.63) is 41.5 Å². The molecule has 2 aromatic rings. The van der Waals surface area contributed by atoms with E-state index in [-0.39, 0.29) is 6.10 Å². The molecule has 0 radical (unpaired) electrons. The Bertz CT molecular complexity index is 756. The van der Waals surface area contributed by atoms with Crippen molar-refractivity contribution in [3.63, 3.8) is 0 Å². The predicted molar refractivity (Wildman–Crippen MR) is 98.9 cm³/mol. The van der Waals surface area contributed by atoms with Crippen molar-refractivity contribution in [3.8, 4) is 5.75 Å². The fraction of sp³-hybridized carbons (Fsp3) is 0.500. The molecule has 140 valence electrons. The Hall–Kier alpha value is -2.61. The fourth-order valence-corrected chi connectivity index (χ4v) is 2.86. The Kier molecular flexibility index (Phi) is 5.72. The lowest BCUT2D eigenvalue weighted by Crippen LogP contribution is -2.40. The number of β-amino-alcohol motifs (C(OH)–C–C–N with tert-alkyl or cyclic N) is 1. The van der Waals surface area contributed by atoms with Gasteiger partial charge in [0.25, 0.3) is 0 Å². The number of methoxy groups -OCH3 is 1. The maximum absolute atomic E-state index is 9.86. The molecule has 8 heteroatoms. The SMILES string of the molecule is COc1ccc(CN=C(NCc2nnc(C)n2C)N2CC[C@@H](O)C2)cc1. The monoisotopic (exact) mass is 358 g/mol. The van der Waals surface area contributed by atoms with Gasteiger partial charge in [-0.25, -0.2) is 4.99 Å². The van der Waals surface area contributed by atoms with Crippen molar-refractivity contribution in [2.45, 2.75) is 32.5 Å². The fourth-order valence-electron chi connectivity index (χ4n) is 2.86. The summed E-state index contributed by atoms with van der Waals surface area (Å²) in [4.78, 5) is 6.82. The molecule has 1 fully saturated rings. The Balaban J connectivity index is 1.70. The van der Waals surface area contributed by atoms with E-state index in [4.69, 9.17) is 9.73 Å². The van der Waals surface area contributed by atoms with E-state index in [9.17, 15) is 5.11 Å². The number of guanidine groups is 1. The molecule has 2 N–H and O–H groups in total. The van der Waals surface area contributed by atoms with Gasteiger partial charge < -0.3 is 24.6 Å². The Morgan fingerprint density at radius 1 is 1.35 bits per heavy atom. The van der Waals surface area contributed by atoms with Gasteiger partial charge in [0, 0.05) is 20.1 Å². The first-order valence-corrected chi connectivity index (χ1v) is 8.76. The van der Waals surface area contributed by atoms with Crippen molar-refractivity contribution in [2.75, 3.05) is 20.2 Å². The lowest BCUT2D eigenvalue weighted by Gasteiger charge is -2.21. The first-order chi connectivity index (χ1) is 12.6. The average molecular weight is 358 g/mol. The minimum Gasteiger partial charge on any atom is -0.497 e. The highest BCUT2D eigenvalue weighted by molar-refractivity contribution is 5.80. The van der Waals surface area contributed by atoms with Crippen LogP contribution in [0.5, 0.6) is 5.75 Å².